The van der Waals surface area contributed by atoms with Crippen molar-refractivity contribution < 1.29 is 14.3 Å². The maximum absolute atomic E-state index is 12.5. The number of aliphatic imine (C=N–C) groups is 1. The molecule has 3 rings (SSSR count). The number of carbonyl (C=O) groups is 2. The largest absolute Gasteiger partial charge is 0.463 e. The number of hydrogen-bond acceptors (Lipinski definition) is 5. The number of allylic oxidation sites excluding steroid dienone is 1. The zero-order valence-electron chi connectivity index (χ0n) is 13.0. The first kappa shape index (κ1) is 17.3. The molecule has 1 saturated heterocycles. The van der Waals surface area contributed by atoms with Crippen molar-refractivity contribution >= 4 is 52.0 Å². The Balaban J connectivity index is 2.20. The van der Waals surface area contributed by atoms with Crippen molar-refractivity contribution in [3.63, 3.8) is 0 Å². The highest BCUT2D eigenvalue weighted by atomic mass is 35.5. The third-order valence-electron chi connectivity index (χ3n) is 3.73. The molecule has 0 aromatic heterocycles. The maximum Gasteiger partial charge on any atom is 0.338 e. The number of nitrogens with zero attached hydrogens (tertiary/aromatic N) is 2. The molecule has 0 bridgehead atoms. The van der Waals surface area contributed by atoms with Crippen LogP contribution in [0, 0.1) is 0 Å². The van der Waals surface area contributed by atoms with Crippen molar-refractivity contribution in [1.29, 1.82) is 0 Å². The summed E-state index contributed by atoms with van der Waals surface area (Å²) in [6.07, 6.45) is 0. The number of esters is 1. The van der Waals surface area contributed by atoms with E-state index < -0.39 is 12.0 Å². The van der Waals surface area contributed by atoms with Crippen molar-refractivity contribution in [2.24, 2.45) is 4.99 Å². The number of hydrogen-bond donors (Lipinski definition) is 0. The molecule has 1 amide bonds. The molecule has 5 nitrogen and oxygen atoms in total. The number of ether oxygens (including phenoxy) is 1. The topological polar surface area (TPSA) is 59.0 Å². The molecule has 0 N–H and O–H groups in total. The number of benzene rings is 1. The zero-order chi connectivity index (χ0) is 17.4. The first-order valence-electron chi connectivity index (χ1n) is 7.30. The quantitative estimate of drug-likeness (QED) is 0.743. The second kappa shape index (κ2) is 6.78. The maximum atomic E-state index is 12.5. The number of fused-ring (bicyclic) bond motifs is 1. The van der Waals surface area contributed by atoms with E-state index in [1.807, 2.05) is 0 Å². The Kier molecular flexibility index (Phi) is 4.90. The predicted molar refractivity (Wildman–Crippen MR) is 95.3 cm³/mol. The van der Waals surface area contributed by atoms with E-state index in [4.69, 9.17) is 27.9 Å². The lowest BCUT2D eigenvalue weighted by Crippen LogP contribution is -2.39. The van der Waals surface area contributed by atoms with Gasteiger partial charge in [0.1, 0.15) is 0 Å². The molecule has 2 aliphatic heterocycles. The van der Waals surface area contributed by atoms with Gasteiger partial charge in [0, 0.05) is 10.0 Å². The highest BCUT2D eigenvalue weighted by molar-refractivity contribution is 8.15. The fraction of sp³-hybridized carbons (Fsp3) is 0.312. The molecule has 0 aliphatic carbocycles. The number of halogens is 2. The lowest BCUT2D eigenvalue weighted by molar-refractivity contribution is -0.139. The number of carbonyl (C=O) groups excluding carboxylic acids is 2. The van der Waals surface area contributed by atoms with Gasteiger partial charge >= 0.3 is 5.97 Å². The molecule has 126 valence electrons. The van der Waals surface area contributed by atoms with Crippen LogP contribution in [0.4, 0.5) is 0 Å². The Hall–Kier alpha value is -1.50. The highest BCUT2D eigenvalue weighted by Crippen LogP contribution is 2.43. The molecule has 0 radical (unpaired) electrons. The minimum Gasteiger partial charge on any atom is -0.463 e. The summed E-state index contributed by atoms with van der Waals surface area (Å²) in [6.45, 7) is 3.68. The van der Waals surface area contributed by atoms with Crippen LogP contribution in [0.2, 0.25) is 10.0 Å². The highest BCUT2D eigenvalue weighted by Gasteiger charge is 2.44. The fourth-order valence-electron chi connectivity index (χ4n) is 2.73. The summed E-state index contributed by atoms with van der Waals surface area (Å²) < 4.78 is 5.17. The van der Waals surface area contributed by atoms with Gasteiger partial charge in [-0.25, -0.2) is 9.79 Å². The lowest BCUT2D eigenvalue weighted by atomic mass is 9.94. The summed E-state index contributed by atoms with van der Waals surface area (Å²) in [5, 5.41) is 1.45. The first-order valence-corrected chi connectivity index (χ1v) is 9.04. The van der Waals surface area contributed by atoms with E-state index >= 15 is 0 Å². The molecule has 0 saturated carbocycles. The Morgan fingerprint density at radius 3 is 2.92 bits per heavy atom. The average Bonchev–Trinajstić information content (AvgIpc) is 2.89. The third-order valence-corrected chi connectivity index (χ3v) is 5.25. The van der Waals surface area contributed by atoms with Gasteiger partial charge in [-0.1, -0.05) is 35.0 Å². The Bertz CT molecular complexity index is 792. The Morgan fingerprint density at radius 2 is 2.21 bits per heavy atom. The van der Waals surface area contributed by atoms with Crippen LogP contribution in [0.1, 0.15) is 25.5 Å². The van der Waals surface area contributed by atoms with E-state index in [1.165, 1.54) is 16.7 Å². The second-order valence-electron chi connectivity index (χ2n) is 5.23. The zero-order valence-corrected chi connectivity index (χ0v) is 15.3. The van der Waals surface area contributed by atoms with E-state index in [-0.39, 0.29) is 18.3 Å². The molecule has 8 heteroatoms. The number of thioether (sulfide) groups is 1. The molecular formula is C16H14Cl2N2O3S. The molecule has 1 unspecified atom stereocenters. The van der Waals surface area contributed by atoms with Gasteiger partial charge in [0.05, 0.1) is 29.7 Å². The minimum atomic E-state index is -0.690. The van der Waals surface area contributed by atoms with Crippen LogP contribution < -0.4 is 0 Å². The molecule has 2 heterocycles. The molecule has 1 atom stereocenters. The van der Waals surface area contributed by atoms with E-state index in [9.17, 15) is 9.59 Å². The van der Waals surface area contributed by atoms with Crippen LogP contribution in [0.15, 0.2) is 34.5 Å². The van der Waals surface area contributed by atoms with Crippen LogP contribution in [0.3, 0.4) is 0 Å². The van der Waals surface area contributed by atoms with Crippen molar-refractivity contribution in [3.8, 4) is 0 Å². The summed E-state index contributed by atoms with van der Waals surface area (Å²) in [4.78, 5) is 30.8. The summed E-state index contributed by atoms with van der Waals surface area (Å²) in [7, 11) is 0. The summed E-state index contributed by atoms with van der Waals surface area (Å²) in [5.41, 5.74) is 1.40. The summed E-state index contributed by atoms with van der Waals surface area (Å²) >= 11 is 13.8. The fourth-order valence-corrected chi connectivity index (χ4v) is 4.07. The average molecular weight is 385 g/mol. The number of rotatable bonds is 3. The van der Waals surface area contributed by atoms with E-state index in [1.54, 1.807) is 32.0 Å². The van der Waals surface area contributed by atoms with Crippen LogP contribution in [-0.4, -0.2) is 34.3 Å². The lowest BCUT2D eigenvalue weighted by Gasteiger charge is -2.33. The van der Waals surface area contributed by atoms with E-state index in [0.717, 1.165) is 0 Å². The third kappa shape index (κ3) is 2.94. The van der Waals surface area contributed by atoms with Gasteiger partial charge in [-0.15, -0.1) is 0 Å². The number of amidine groups is 1. The van der Waals surface area contributed by atoms with Gasteiger partial charge in [0.15, 0.2) is 5.17 Å². The van der Waals surface area contributed by atoms with Crippen molar-refractivity contribution in [2.75, 3.05) is 12.4 Å². The van der Waals surface area contributed by atoms with E-state index in [2.05, 4.69) is 4.99 Å². The van der Waals surface area contributed by atoms with Gasteiger partial charge in [-0.2, -0.15) is 0 Å². The van der Waals surface area contributed by atoms with Crippen LogP contribution in [0.5, 0.6) is 0 Å². The second-order valence-corrected chi connectivity index (χ2v) is 7.02. The summed E-state index contributed by atoms with van der Waals surface area (Å²) in [5.74, 6) is -0.366. The molecule has 1 aromatic carbocycles. The molecule has 24 heavy (non-hydrogen) atoms. The van der Waals surface area contributed by atoms with Gasteiger partial charge in [-0.3, -0.25) is 9.69 Å². The number of amides is 1. The van der Waals surface area contributed by atoms with Crippen molar-refractivity contribution in [1.82, 2.24) is 4.90 Å². The normalized spacial score (nSPS) is 20.2. The molecule has 1 fully saturated rings. The summed E-state index contributed by atoms with van der Waals surface area (Å²) in [6, 6.07) is 4.29. The predicted octanol–water partition coefficient (Wildman–Crippen LogP) is 3.82. The minimum absolute atomic E-state index is 0.130. The standard InChI is InChI=1S/C16H14Cl2N2O3S/c1-3-23-15(22)13-8(2)19-16-20(12(21)7-24-16)14(13)10-6-9(17)4-5-11(10)18/h4-6,14H,3,7H2,1-2H3. The Labute approximate surface area is 153 Å². The van der Waals surface area contributed by atoms with E-state index in [0.29, 0.717) is 32.0 Å². The smallest absolute Gasteiger partial charge is 0.338 e. The van der Waals surface area contributed by atoms with Gasteiger partial charge < -0.3 is 4.74 Å². The van der Waals surface area contributed by atoms with Crippen molar-refractivity contribution in [2.45, 2.75) is 19.9 Å². The Morgan fingerprint density at radius 1 is 1.46 bits per heavy atom. The molecule has 2 aliphatic rings. The molecule has 0 spiro atoms. The van der Waals surface area contributed by atoms with Crippen molar-refractivity contribution in [3.05, 3.63) is 45.1 Å². The van der Waals surface area contributed by atoms with Gasteiger partial charge in [-0.05, 0) is 37.6 Å². The first-order chi connectivity index (χ1) is 11.4. The monoisotopic (exact) mass is 384 g/mol. The van der Waals surface area contributed by atoms with Gasteiger partial charge in [0.2, 0.25) is 5.91 Å². The molecule has 1 aromatic rings. The molecular weight excluding hydrogens is 371 g/mol. The van der Waals surface area contributed by atoms with Crippen LogP contribution in [0.25, 0.3) is 0 Å². The van der Waals surface area contributed by atoms with Crippen LogP contribution >= 0.6 is 35.0 Å². The SMILES string of the molecule is CCOC(=O)C1=C(C)N=C2SCC(=O)N2C1c1cc(Cl)ccc1Cl. The van der Waals surface area contributed by atoms with Crippen LogP contribution in [-0.2, 0) is 14.3 Å². The van der Waals surface area contributed by atoms with Gasteiger partial charge in [0.25, 0.3) is 0 Å².